The maximum atomic E-state index is 13.0. The van der Waals surface area contributed by atoms with Crippen molar-refractivity contribution in [3.63, 3.8) is 0 Å². The van der Waals surface area contributed by atoms with Gasteiger partial charge in [-0.05, 0) is 67.1 Å². The molecule has 12 heteroatoms. The van der Waals surface area contributed by atoms with E-state index >= 15 is 0 Å². The third-order valence-corrected chi connectivity index (χ3v) is 6.66. The van der Waals surface area contributed by atoms with E-state index in [1.807, 2.05) is 0 Å². The second-order valence-electron chi connectivity index (χ2n) is 7.28. The molecule has 2 N–H and O–H groups in total. The number of carbonyl (C=O) groups is 1. The zero-order chi connectivity index (χ0) is 25.8. The van der Waals surface area contributed by atoms with Gasteiger partial charge in [0.05, 0.1) is 15.5 Å². The zero-order valence-electron chi connectivity index (χ0n) is 18.1. The highest BCUT2D eigenvalue weighted by molar-refractivity contribution is 7.92. The van der Waals surface area contributed by atoms with Crippen LogP contribution in [0.2, 0.25) is 10.0 Å². The molecule has 0 radical (unpaired) electrons. The Hall–Kier alpha value is -2.95. The number of hydrogen-bond acceptors (Lipinski definition) is 4. The molecule has 186 valence electrons. The van der Waals surface area contributed by atoms with Gasteiger partial charge in [0.2, 0.25) is 0 Å². The molecule has 35 heavy (non-hydrogen) atoms. The Labute approximate surface area is 210 Å². The number of nitrogens with one attached hydrogen (secondary N) is 2. The Morgan fingerprint density at radius 1 is 1.00 bits per heavy atom. The molecule has 0 spiro atoms. The zero-order valence-corrected chi connectivity index (χ0v) is 20.4. The molecule has 0 fully saturated rings. The maximum absolute atomic E-state index is 13.0. The van der Waals surface area contributed by atoms with Gasteiger partial charge >= 0.3 is 6.18 Å². The quantitative estimate of drug-likeness (QED) is 0.333. The van der Waals surface area contributed by atoms with Crippen LogP contribution in [0.3, 0.4) is 0 Å². The Kier molecular flexibility index (Phi) is 8.19. The highest BCUT2D eigenvalue weighted by atomic mass is 35.5. The Balaban J connectivity index is 1.70. The first-order chi connectivity index (χ1) is 16.4. The van der Waals surface area contributed by atoms with Crippen LogP contribution in [0, 0.1) is 0 Å². The number of rotatable bonds is 8. The molecule has 1 atom stereocenters. The molecule has 6 nitrogen and oxygen atoms in total. The number of carbonyl (C=O) groups excluding carboxylic acids is 1. The minimum Gasteiger partial charge on any atom is -0.481 e. The summed E-state index contributed by atoms with van der Waals surface area (Å²) in [5.74, 6) is -0.0371. The maximum Gasteiger partial charge on any atom is 0.417 e. The Morgan fingerprint density at radius 3 is 2.26 bits per heavy atom. The number of hydrogen-bond donors (Lipinski definition) is 2. The van der Waals surface area contributed by atoms with Crippen molar-refractivity contribution >= 4 is 50.5 Å². The first-order valence-corrected chi connectivity index (χ1v) is 12.4. The molecule has 0 aliphatic heterocycles. The monoisotopic (exact) mass is 546 g/mol. The average Bonchev–Trinajstić information content (AvgIpc) is 2.78. The number of anilines is 2. The Morgan fingerprint density at radius 2 is 1.66 bits per heavy atom. The third kappa shape index (κ3) is 7.03. The second kappa shape index (κ2) is 10.8. The van der Waals surface area contributed by atoms with Gasteiger partial charge in [-0.3, -0.25) is 9.52 Å². The molecule has 0 unspecified atom stereocenters. The van der Waals surface area contributed by atoms with E-state index in [4.69, 9.17) is 27.9 Å². The van der Waals surface area contributed by atoms with Gasteiger partial charge in [0, 0.05) is 16.4 Å². The number of benzene rings is 3. The van der Waals surface area contributed by atoms with Crippen molar-refractivity contribution in [1.29, 1.82) is 0 Å². The number of halogens is 5. The van der Waals surface area contributed by atoms with Crippen LogP contribution in [0.15, 0.2) is 71.6 Å². The van der Waals surface area contributed by atoms with E-state index in [9.17, 15) is 26.4 Å². The molecular formula is C23H19Cl2F3N2O4S. The number of alkyl halides is 3. The topological polar surface area (TPSA) is 84.5 Å². The Bertz CT molecular complexity index is 1320. The summed E-state index contributed by atoms with van der Waals surface area (Å²) < 4.78 is 72.1. The molecule has 0 aromatic heterocycles. The fourth-order valence-corrected chi connectivity index (χ4v) is 4.44. The summed E-state index contributed by atoms with van der Waals surface area (Å²) in [6, 6.07) is 14.4. The predicted molar refractivity (Wildman–Crippen MR) is 128 cm³/mol. The van der Waals surface area contributed by atoms with Gasteiger partial charge in [0.1, 0.15) is 5.75 Å². The largest absolute Gasteiger partial charge is 0.481 e. The summed E-state index contributed by atoms with van der Waals surface area (Å²) in [6.45, 7) is 1.76. The van der Waals surface area contributed by atoms with Gasteiger partial charge in [-0.25, -0.2) is 8.42 Å². The molecule has 0 saturated carbocycles. The molecule has 3 aromatic rings. The summed E-state index contributed by atoms with van der Waals surface area (Å²) in [4.78, 5) is 12.4. The molecule has 0 aliphatic rings. The summed E-state index contributed by atoms with van der Waals surface area (Å²) in [5.41, 5.74) is -1.17. The van der Waals surface area contributed by atoms with Crippen LogP contribution >= 0.6 is 23.2 Å². The molecule has 0 saturated heterocycles. The van der Waals surface area contributed by atoms with E-state index in [-0.39, 0.29) is 10.6 Å². The lowest BCUT2D eigenvalue weighted by Crippen LogP contribution is -2.32. The summed E-state index contributed by atoms with van der Waals surface area (Å²) in [5, 5.41) is 2.54. The van der Waals surface area contributed by atoms with Crippen molar-refractivity contribution in [3.05, 3.63) is 82.3 Å². The summed E-state index contributed by atoms with van der Waals surface area (Å²) in [7, 11) is -4.21. The lowest BCUT2D eigenvalue weighted by atomic mass is 10.2. The number of ether oxygens (including phenoxy) is 1. The number of sulfonamides is 1. The van der Waals surface area contributed by atoms with E-state index in [2.05, 4.69) is 10.0 Å². The van der Waals surface area contributed by atoms with Crippen LogP contribution in [-0.4, -0.2) is 20.4 Å². The van der Waals surface area contributed by atoms with Crippen LogP contribution in [0.1, 0.15) is 18.9 Å². The smallest absolute Gasteiger partial charge is 0.417 e. The minimum absolute atomic E-state index is 0.221. The lowest BCUT2D eigenvalue weighted by molar-refractivity contribution is -0.137. The second-order valence-corrected chi connectivity index (χ2v) is 9.81. The summed E-state index contributed by atoms with van der Waals surface area (Å²) in [6.07, 6.45) is -5.22. The fourth-order valence-electron chi connectivity index (χ4n) is 2.99. The van der Waals surface area contributed by atoms with Gasteiger partial charge < -0.3 is 10.1 Å². The van der Waals surface area contributed by atoms with E-state index < -0.39 is 38.8 Å². The van der Waals surface area contributed by atoms with E-state index in [1.165, 1.54) is 24.3 Å². The van der Waals surface area contributed by atoms with Crippen LogP contribution < -0.4 is 14.8 Å². The van der Waals surface area contributed by atoms with Crippen LogP contribution in [0.5, 0.6) is 5.75 Å². The predicted octanol–water partition coefficient (Wildman–Crippen LogP) is 6.61. The van der Waals surface area contributed by atoms with Gasteiger partial charge in [-0.2, -0.15) is 13.2 Å². The highest BCUT2D eigenvalue weighted by Gasteiger charge is 2.33. The van der Waals surface area contributed by atoms with E-state index in [1.54, 1.807) is 31.2 Å². The van der Waals surface area contributed by atoms with Crippen molar-refractivity contribution < 1.29 is 31.1 Å². The van der Waals surface area contributed by atoms with Gasteiger partial charge in [-0.1, -0.05) is 36.2 Å². The first kappa shape index (κ1) is 26.7. The van der Waals surface area contributed by atoms with Gasteiger partial charge in [-0.15, -0.1) is 0 Å². The lowest BCUT2D eigenvalue weighted by Gasteiger charge is -2.17. The van der Waals surface area contributed by atoms with Crippen molar-refractivity contribution in [2.24, 2.45) is 0 Å². The molecule has 3 aromatic carbocycles. The normalized spacial score (nSPS) is 12.6. The molecule has 0 heterocycles. The van der Waals surface area contributed by atoms with E-state index in [0.717, 1.165) is 12.1 Å². The fraction of sp³-hybridized carbons (Fsp3) is 0.174. The highest BCUT2D eigenvalue weighted by Crippen LogP contribution is 2.36. The van der Waals surface area contributed by atoms with Crippen LogP contribution in [-0.2, 0) is 21.0 Å². The first-order valence-electron chi connectivity index (χ1n) is 10.1. The molecule has 0 bridgehead atoms. The SMILES string of the molecule is CC[C@@H](Oc1cccc(Cl)c1)C(=O)Nc1ccc(S(=O)(=O)Nc2ccc(Cl)c(C(F)(F)F)c2)cc1. The average molecular weight is 547 g/mol. The molecular weight excluding hydrogens is 528 g/mol. The van der Waals surface area contributed by atoms with Gasteiger partial charge in [0.25, 0.3) is 15.9 Å². The van der Waals surface area contributed by atoms with Crippen molar-refractivity contribution in [2.75, 3.05) is 10.0 Å². The van der Waals surface area contributed by atoms with Crippen molar-refractivity contribution in [2.45, 2.75) is 30.5 Å². The van der Waals surface area contributed by atoms with Crippen LogP contribution in [0.25, 0.3) is 0 Å². The molecule has 1 amide bonds. The van der Waals surface area contributed by atoms with Crippen LogP contribution in [0.4, 0.5) is 24.5 Å². The standard InChI is InChI=1S/C23H19Cl2F3N2O4S/c1-2-21(34-17-5-3-4-14(24)12-17)22(31)29-15-6-9-18(10-7-15)35(32,33)30-16-8-11-20(25)19(13-16)23(26,27)28/h3-13,21,30H,2H2,1H3,(H,29,31)/t21-/m1/s1. The molecule has 3 rings (SSSR count). The number of amides is 1. The van der Waals surface area contributed by atoms with E-state index in [0.29, 0.717) is 28.9 Å². The third-order valence-electron chi connectivity index (χ3n) is 4.69. The van der Waals surface area contributed by atoms with Gasteiger partial charge in [0.15, 0.2) is 6.10 Å². The van der Waals surface area contributed by atoms with Crippen molar-refractivity contribution in [3.8, 4) is 5.75 Å². The van der Waals surface area contributed by atoms with Crippen molar-refractivity contribution in [1.82, 2.24) is 0 Å². The molecule has 0 aliphatic carbocycles. The summed E-state index contributed by atoms with van der Waals surface area (Å²) >= 11 is 11.5. The minimum atomic E-state index is -4.74.